The first kappa shape index (κ1) is 14.2. The van der Waals surface area contributed by atoms with Crippen LogP contribution in [0.1, 0.15) is 5.69 Å². The molecule has 0 saturated heterocycles. The van der Waals surface area contributed by atoms with Crippen molar-refractivity contribution in [2.45, 2.75) is 6.18 Å². The maximum atomic E-state index is 14.0. The summed E-state index contributed by atoms with van der Waals surface area (Å²) in [6.07, 6.45) is -3.43. The van der Waals surface area contributed by atoms with Gasteiger partial charge in [0.15, 0.2) is 17.3 Å². The van der Waals surface area contributed by atoms with Crippen LogP contribution in [0, 0.1) is 5.82 Å². The highest BCUT2D eigenvalue weighted by molar-refractivity contribution is 5.64. The van der Waals surface area contributed by atoms with Gasteiger partial charge < -0.3 is 10.1 Å². The number of rotatable bonds is 3. The quantitative estimate of drug-likeness (QED) is 0.883. The first-order valence-electron chi connectivity index (χ1n) is 5.56. The maximum absolute atomic E-state index is 14.0. The Morgan fingerprint density at radius 1 is 1.25 bits per heavy atom. The third-order valence-corrected chi connectivity index (χ3v) is 2.68. The second-order valence-electron chi connectivity index (χ2n) is 3.87. The van der Waals surface area contributed by atoms with E-state index in [-0.39, 0.29) is 17.1 Å². The summed E-state index contributed by atoms with van der Waals surface area (Å²) in [7, 11) is 2.75. The predicted molar refractivity (Wildman–Crippen MR) is 64.6 cm³/mol. The second kappa shape index (κ2) is 5.03. The lowest BCUT2D eigenvalue weighted by molar-refractivity contribution is -0.141. The van der Waals surface area contributed by atoms with Crippen LogP contribution in [0.25, 0.3) is 5.69 Å². The number of nitrogens with one attached hydrogen (secondary N) is 1. The van der Waals surface area contributed by atoms with Crippen molar-refractivity contribution in [3.63, 3.8) is 0 Å². The van der Waals surface area contributed by atoms with Crippen LogP contribution in [0.15, 0.2) is 24.4 Å². The molecule has 0 bridgehead atoms. The van der Waals surface area contributed by atoms with Gasteiger partial charge in [0.1, 0.15) is 5.69 Å². The Labute approximate surface area is 112 Å². The van der Waals surface area contributed by atoms with Crippen LogP contribution in [0.2, 0.25) is 0 Å². The van der Waals surface area contributed by atoms with E-state index in [2.05, 4.69) is 10.4 Å². The van der Waals surface area contributed by atoms with Gasteiger partial charge in [-0.15, -0.1) is 0 Å². The molecule has 0 fully saturated rings. The van der Waals surface area contributed by atoms with Crippen molar-refractivity contribution < 1.29 is 22.3 Å². The largest absolute Gasteiger partial charge is 0.494 e. The van der Waals surface area contributed by atoms with E-state index in [1.165, 1.54) is 26.3 Å². The van der Waals surface area contributed by atoms with Gasteiger partial charge in [-0.1, -0.05) is 0 Å². The lowest BCUT2D eigenvalue weighted by Gasteiger charge is -2.12. The fourth-order valence-corrected chi connectivity index (χ4v) is 1.74. The van der Waals surface area contributed by atoms with Crippen molar-refractivity contribution in [1.82, 2.24) is 9.78 Å². The molecule has 1 N–H and O–H groups in total. The Balaban J connectivity index is 2.53. The minimum Gasteiger partial charge on any atom is -0.494 e. The molecule has 1 aromatic heterocycles. The van der Waals surface area contributed by atoms with E-state index in [1.807, 2.05) is 0 Å². The lowest BCUT2D eigenvalue weighted by atomic mass is 10.2. The normalized spacial score (nSPS) is 11.5. The molecule has 2 aromatic rings. The third-order valence-electron chi connectivity index (χ3n) is 2.68. The molecule has 1 aromatic carbocycles. The molecule has 0 aliphatic heterocycles. The molecule has 0 saturated carbocycles. The minimum atomic E-state index is -4.55. The van der Waals surface area contributed by atoms with Crippen molar-refractivity contribution in [3.05, 3.63) is 35.9 Å². The summed E-state index contributed by atoms with van der Waals surface area (Å²) in [6.45, 7) is 0. The third kappa shape index (κ3) is 2.40. The van der Waals surface area contributed by atoms with E-state index in [0.29, 0.717) is 0 Å². The van der Waals surface area contributed by atoms with Crippen LogP contribution in [-0.4, -0.2) is 23.9 Å². The fraction of sp³-hybridized carbons (Fsp3) is 0.250. The van der Waals surface area contributed by atoms with Crippen molar-refractivity contribution in [2.75, 3.05) is 19.5 Å². The molecule has 0 aliphatic rings. The highest BCUT2D eigenvalue weighted by Crippen LogP contribution is 2.32. The van der Waals surface area contributed by atoms with Gasteiger partial charge in [-0.3, -0.25) is 0 Å². The average Bonchev–Trinajstić information content (AvgIpc) is 2.87. The number of hydrogen-bond donors (Lipinski definition) is 1. The average molecular weight is 289 g/mol. The van der Waals surface area contributed by atoms with Gasteiger partial charge in [0.05, 0.1) is 12.8 Å². The zero-order valence-corrected chi connectivity index (χ0v) is 10.6. The van der Waals surface area contributed by atoms with Crippen LogP contribution in [0.3, 0.4) is 0 Å². The van der Waals surface area contributed by atoms with E-state index in [0.717, 1.165) is 16.9 Å². The summed E-state index contributed by atoms with van der Waals surface area (Å²) in [5.74, 6) is -0.710. The molecule has 0 atom stereocenters. The van der Waals surface area contributed by atoms with E-state index in [1.54, 1.807) is 0 Å². The number of alkyl halides is 3. The van der Waals surface area contributed by atoms with Gasteiger partial charge >= 0.3 is 6.18 Å². The van der Waals surface area contributed by atoms with Crippen LogP contribution >= 0.6 is 0 Å². The van der Waals surface area contributed by atoms with Crippen LogP contribution in [0.4, 0.5) is 23.2 Å². The number of halogens is 4. The number of aromatic nitrogens is 2. The summed E-state index contributed by atoms with van der Waals surface area (Å²) in [5.41, 5.74) is -0.891. The zero-order chi connectivity index (χ0) is 14.9. The molecule has 0 amide bonds. The molecule has 20 heavy (non-hydrogen) atoms. The summed E-state index contributed by atoms with van der Waals surface area (Å²) < 4.78 is 57.3. The number of methoxy groups -OCH3 is 1. The molecule has 0 aliphatic carbocycles. The van der Waals surface area contributed by atoms with Crippen LogP contribution < -0.4 is 10.1 Å². The summed E-state index contributed by atoms with van der Waals surface area (Å²) in [6, 6.07) is 3.56. The van der Waals surface area contributed by atoms with Gasteiger partial charge in [0.2, 0.25) is 0 Å². The van der Waals surface area contributed by atoms with Gasteiger partial charge in [-0.25, -0.2) is 9.07 Å². The molecule has 0 spiro atoms. The van der Waals surface area contributed by atoms with Gasteiger partial charge in [-0.05, 0) is 18.2 Å². The molecule has 4 nitrogen and oxygen atoms in total. The lowest BCUT2D eigenvalue weighted by Crippen LogP contribution is -2.09. The molecule has 8 heteroatoms. The monoisotopic (exact) mass is 289 g/mol. The molecular weight excluding hydrogens is 278 g/mol. The van der Waals surface area contributed by atoms with Gasteiger partial charge in [-0.2, -0.15) is 18.3 Å². The Bertz CT molecular complexity index is 622. The highest BCUT2D eigenvalue weighted by atomic mass is 19.4. The van der Waals surface area contributed by atoms with Gasteiger partial charge in [0, 0.05) is 13.2 Å². The zero-order valence-electron chi connectivity index (χ0n) is 10.6. The van der Waals surface area contributed by atoms with Crippen LogP contribution in [0.5, 0.6) is 5.75 Å². The smallest absolute Gasteiger partial charge is 0.435 e. The van der Waals surface area contributed by atoms with E-state index >= 15 is 0 Å². The van der Waals surface area contributed by atoms with Crippen LogP contribution in [-0.2, 0) is 6.18 Å². The fourth-order valence-electron chi connectivity index (χ4n) is 1.74. The molecule has 108 valence electrons. The number of nitrogens with zero attached hydrogens (tertiary/aromatic N) is 2. The SMILES string of the molecule is CNc1c(-n2ccc(C(F)(F)F)n2)ccc(OC)c1F. The topological polar surface area (TPSA) is 39.1 Å². The minimum absolute atomic E-state index is 0.00109. The highest BCUT2D eigenvalue weighted by Gasteiger charge is 2.33. The van der Waals surface area contributed by atoms with E-state index in [4.69, 9.17) is 4.74 Å². The number of hydrogen-bond acceptors (Lipinski definition) is 3. The molecule has 0 unspecified atom stereocenters. The molecule has 1 heterocycles. The molecular formula is C12H11F4N3O. The number of ether oxygens (including phenoxy) is 1. The van der Waals surface area contributed by atoms with Gasteiger partial charge in [0.25, 0.3) is 0 Å². The second-order valence-corrected chi connectivity index (χ2v) is 3.87. The van der Waals surface area contributed by atoms with Crippen molar-refractivity contribution in [3.8, 4) is 11.4 Å². The Morgan fingerprint density at radius 2 is 1.95 bits per heavy atom. The first-order valence-corrected chi connectivity index (χ1v) is 5.56. The van der Waals surface area contributed by atoms with Crippen molar-refractivity contribution >= 4 is 5.69 Å². The predicted octanol–water partition coefficient (Wildman–Crippen LogP) is 3.08. The standard InChI is InChI=1S/C12H11F4N3O/c1-17-11-7(3-4-8(20-2)10(11)13)19-6-5-9(18-19)12(14,15)16/h3-6,17H,1-2H3. The summed E-state index contributed by atoms with van der Waals surface area (Å²) >= 11 is 0. The first-order chi connectivity index (χ1) is 9.38. The molecule has 2 rings (SSSR count). The Kier molecular flexibility index (Phi) is 3.56. The van der Waals surface area contributed by atoms with E-state index in [9.17, 15) is 17.6 Å². The van der Waals surface area contributed by atoms with E-state index < -0.39 is 17.7 Å². The Morgan fingerprint density at radius 3 is 2.45 bits per heavy atom. The Hall–Kier alpha value is -2.25. The maximum Gasteiger partial charge on any atom is 0.435 e. The van der Waals surface area contributed by atoms with Crippen molar-refractivity contribution in [1.29, 1.82) is 0 Å². The summed E-state index contributed by atoms with van der Waals surface area (Å²) in [4.78, 5) is 0. The van der Waals surface area contributed by atoms with Crippen molar-refractivity contribution in [2.24, 2.45) is 0 Å². The number of anilines is 1. The molecule has 0 radical (unpaired) electrons. The number of benzene rings is 1. The summed E-state index contributed by atoms with van der Waals surface area (Å²) in [5, 5.41) is 5.99.